The number of carbonyl (C=O) groups excluding carboxylic acids is 3. The highest BCUT2D eigenvalue weighted by atomic mass is 16.6. The van der Waals surface area contributed by atoms with Crippen LogP contribution in [-0.4, -0.2) is 96.2 Å². The van der Waals surface area contributed by atoms with Crippen molar-refractivity contribution < 1.29 is 34.1 Å². The molecule has 232 valence electrons. The number of aliphatic hydroxyl groups excluding tert-OH is 2. The molecular formula is C28H38N8O7. The Labute approximate surface area is 248 Å². The maximum Gasteiger partial charge on any atom is 0.411 e. The highest BCUT2D eigenvalue weighted by Gasteiger charge is 2.48. The van der Waals surface area contributed by atoms with Crippen molar-refractivity contribution in [1.82, 2.24) is 35.1 Å². The number of hydrogen-bond acceptors (Lipinski definition) is 11. The van der Waals surface area contributed by atoms with Gasteiger partial charge in [0.2, 0.25) is 11.7 Å². The summed E-state index contributed by atoms with van der Waals surface area (Å²) >= 11 is 0. The van der Waals surface area contributed by atoms with E-state index in [0.29, 0.717) is 32.4 Å². The molecule has 2 aromatic heterocycles. The zero-order valence-corrected chi connectivity index (χ0v) is 24.2. The Bertz CT molecular complexity index is 1410. The van der Waals surface area contributed by atoms with Crippen molar-refractivity contribution in [3.05, 3.63) is 12.2 Å². The Morgan fingerprint density at radius 2 is 1.91 bits per heavy atom. The Morgan fingerprint density at radius 3 is 2.58 bits per heavy atom. The van der Waals surface area contributed by atoms with Crippen LogP contribution in [-0.2, 0) is 19.1 Å². The van der Waals surface area contributed by atoms with Crippen molar-refractivity contribution in [1.29, 1.82) is 0 Å². The van der Waals surface area contributed by atoms with Gasteiger partial charge in [0.1, 0.15) is 17.7 Å². The molecule has 6 N–H and O–H groups in total. The van der Waals surface area contributed by atoms with Gasteiger partial charge in [0.15, 0.2) is 30.0 Å². The molecular weight excluding hydrogens is 560 g/mol. The monoisotopic (exact) mass is 598 g/mol. The fourth-order valence-corrected chi connectivity index (χ4v) is 5.26. The number of ether oxygens (including phenoxy) is 2. The third kappa shape index (κ3) is 6.82. The Morgan fingerprint density at radius 1 is 1.16 bits per heavy atom. The fourth-order valence-electron chi connectivity index (χ4n) is 5.26. The van der Waals surface area contributed by atoms with Crippen LogP contribution in [0.15, 0.2) is 6.33 Å². The Kier molecular flexibility index (Phi) is 9.28. The van der Waals surface area contributed by atoms with Crippen LogP contribution in [0.4, 0.5) is 10.6 Å². The van der Waals surface area contributed by atoms with Gasteiger partial charge >= 0.3 is 6.09 Å². The first-order valence-electron chi connectivity index (χ1n) is 14.8. The van der Waals surface area contributed by atoms with E-state index in [-0.39, 0.29) is 40.7 Å². The van der Waals surface area contributed by atoms with E-state index < -0.39 is 42.8 Å². The van der Waals surface area contributed by atoms with E-state index in [2.05, 4.69) is 37.4 Å². The molecule has 6 rings (SSSR count). The normalized spacial score (nSPS) is 27.1. The molecule has 1 saturated carbocycles. The molecule has 2 aromatic rings. The lowest BCUT2D eigenvalue weighted by Gasteiger charge is -2.31. The number of likely N-dealkylation sites (tertiary alicyclic amines) is 1. The summed E-state index contributed by atoms with van der Waals surface area (Å²) in [5, 5.41) is 26.5. The summed E-state index contributed by atoms with van der Waals surface area (Å²) in [4.78, 5) is 50.7. The molecule has 5 atom stereocenters. The predicted molar refractivity (Wildman–Crippen MR) is 152 cm³/mol. The van der Waals surface area contributed by atoms with E-state index in [0.717, 1.165) is 25.7 Å². The summed E-state index contributed by atoms with van der Waals surface area (Å²) in [6, 6.07) is 0.0773. The standard InChI is InChI=1S/C26H32N8O7.C2H6/c27-22-18-23(34(12-28-18)25-20(37)19(36)21(41-25)24(38)29-14-4-5-14)31-15(30-22)3-1-2-13-8-10-33(11-9-13)26(39)40-17-7-6-16(35)32-17;1-2/h12-14,17,19-21,25,36-37H,2,4-11H2,(H,29,38)(H,32,35)(H2,27,30,31);1-2H3/t17?,19?,20-,21-,25+;/m0./s1. The van der Waals surface area contributed by atoms with Crippen LogP contribution in [0.2, 0.25) is 0 Å². The van der Waals surface area contributed by atoms with Crippen LogP contribution in [0.5, 0.6) is 0 Å². The SMILES string of the molecule is CC.Nc1nc(C#CCC2CCN(C(=O)OC3CCC(=O)N3)CC2)nc2c1ncn2[C@@H]1O[C@H](C(=O)NC2CC2)C(O)[C@@H]1O. The van der Waals surface area contributed by atoms with Gasteiger partial charge in [-0.15, -0.1) is 0 Å². The van der Waals surface area contributed by atoms with Gasteiger partial charge in [-0.05, 0) is 37.5 Å². The zero-order valence-electron chi connectivity index (χ0n) is 24.2. The molecule has 3 saturated heterocycles. The van der Waals surface area contributed by atoms with Crippen LogP contribution in [0.3, 0.4) is 0 Å². The lowest BCUT2D eigenvalue weighted by molar-refractivity contribution is -0.137. The van der Waals surface area contributed by atoms with Crippen molar-refractivity contribution in [2.24, 2.45) is 5.92 Å². The quantitative estimate of drug-likeness (QED) is 0.293. The van der Waals surface area contributed by atoms with Gasteiger partial charge in [0.25, 0.3) is 5.91 Å². The fraction of sp³-hybridized carbons (Fsp3) is 0.643. The number of anilines is 1. The summed E-state index contributed by atoms with van der Waals surface area (Å²) < 4.78 is 12.5. The van der Waals surface area contributed by atoms with Gasteiger partial charge in [-0.25, -0.2) is 19.7 Å². The van der Waals surface area contributed by atoms with Crippen molar-refractivity contribution in [3.8, 4) is 11.8 Å². The van der Waals surface area contributed by atoms with Crippen LogP contribution < -0.4 is 16.4 Å². The molecule has 2 unspecified atom stereocenters. The van der Waals surface area contributed by atoms with Crippen LogP contribution in [0, 0.1) is 17.8 Å². The minimum atomic E-state index is -1.42. The number of nitrogens with zero attached hydrogens (tertiary/aromatic N) is 5. The molecule has 1 aliphatic carbocycles. The van der Waals surface area contributed by atoms with Gasteiger partial charge in [-0.3, -0.25) is 14.2 Å². The van der Waals surface area contributed by atoms with Gasteiger partial charge in [0.05, 0.1) is 6.33 Å². The highest BCUT2D eigenvalue weighted by molar-refractivity contribution is 5.83. The third-order valence-corrected chi connectivity index (χ3v) is 7.81. The van der Waals surface area contributed by atoms with Crippen LogP contribution in [0.25, 0.3) is 11.2 Å². The summed E-state index contributed by atoms with van der Waals surface area (Å²) in [7, 11) is 0. The molecule has 15 nitrogen and oxygen atoms in total. The summed E-state index contributed by atoms with van der Waals surface area (Å²) in [5.41, 5.74) is 6.65. The number of hydrogen-bond donors (Lipinski definition) is 5. The maximum absolute atomic E-state index is 12.5. The summed E-state index contributed by atoms with van der Waals surface area (Å²) in [6.45, 7) is 5.07. The molecule has 15 heteroatoms. The molecule has 0 spiro atoms. The van der Waals surface area contributed by atoms with E-state index in [1.54, 1.807) is 4.90 Å². The van der Waals surface area contributed by atoms with Crippen LogP contribution >= 0.6 is 0 Å². The van der Waals surface area contributed by atoms with Gasteiger partial charge in [-0.1, -0.05) is 19.8 Å². The van der Waals surface area contributed by atoms with Gasteiger partial charge in [-0.2, -0.15) is 0 Å². The average molecular weight is 599 g/mol. The van der Waals surface area contributed by atoms with Crippen molar-refractivity contribution in [3.63, 3.8) is 0 Å². The zero-order chi connectivity index (χ0) is 30.7. The molecule has 0 radical (unpaired) electrons. The number of aliphatic hydroxyl groups is 2. The second kappa shape index (κ2) is 13.1. The second-order valence-corrected chi connectivity index (χ2v) is 10.9. The average Bonchev–Trinajstić information content (AvgIpc) is 3.43. The predicted octanol–water partition coefficient (Wildman–Crippen LogP) is 0.159. The lowest BCUT2D eigenvalue weighted by Crippen LogP contribution is -2.43. The number of rotatable bonds is 5. The molecule has 0 aromatic carbocycles. The first kappa shape index (κ1) is 30.5. The number of nitrogen functional groups attached to an aromatic ring is 1. The smallest absolute Gasteiger partial charge is 0.411 e. The Hall–Kier alpha value is -4.00. The molecule has 5 heterocycles. The minimum absolute atomic E-state index is 0.0773. The van der Waals surface area contributed by atoms with E-state index in [4.69, 9.17) is 15.2 Å². The largest absolute Gasteiger partial charge is 0.425 e. The topological polar surface area (TPSA) is 207 Å². The number of nitrogens with two attached hydrogens (primary N) is 1. The van der Waals surface area contributed by atoms with Gasteiger partial charge < -0.3 is 41.0 Å². The molecule has 0 bridgehead atoms. The minimum Gasteiger partial charge on any atom is -0.425 e. The van der Waals surface area contributed by atoms with Crippen LogP contribution in [0.1, 0.15) is 70.8 Å². The summed E-state index contributed by atoms with van der Waals surface area (Å²) in [5.74, 6) is 5.98. The molecule has 4 fully saturated rings. The molecule has 3 aliphatic heterocycles. The second-order valence-electron chi connectivity index (χ2n) is 10.9. The number of carbonyl (C=O) groups is 3. The lowest BCUT2D eigenvalue weighted by atomic mass is 9.94. The number of nitrogens with one attached hydrogen (secondary N) is 2. The van der Waals surface area contributed by atoms with E-state index >= 15 is 0 Å². The molecule has 4 aliphatic rings. The van der Waals surface area contributed by atoms with E-state index in [9.17, 15) is 24.6 Å². The van der Waals surface area contributed by atoms with Crippen molar-refractivity contribution >= 4 is 34.9 Å². The summed E-state index contributed by atoms with van der Waals surface area (Å²) in [6.07, 6.45) is -0.0853. The number of piperidine rings is 1. The van der Waals surface area contributed by atoms with E-state index in [1.807, 2.05) is 13.8 Å². The highest BCUT2D eigenvalue weighted by Crippen LogP contribution is 2.33. The van der Waals surface area contributed by atoms with Gasteiger partial charge in [0, 0.05) is 38.4 Å². The first-order valence-corrected chi connectivity index (χ1v) is 14.8. The Balaban J connectivity index is 0.00000180. The van der Waals surface area contributed by atoms with Crippen molar-refractivity contribution in [2.75, 3.05) is 18.8 Å². The molecule has 3 amide bonds. The maximum atomic E-state index is 12.5. The number of amides is 3. The number of imidazole rings is 1. The third-order valence-electron chi connectivity index (χ3n) is 7.81. The number of fused-ring (bicyclic) bond motifs is 1. The first-order chi connectivity index (χ1) is 20.8. The number of aromatic nitrogens is 4. The van der Waals surface area contributed by atoms with Crippen molar-refractivity contribution in [2.45, 2.75) is 95.6 Å². The molecule has 43 heavy (non-hydrogen) atoms. The van der Waals surface area contributed by atoms with E-state index in [1.165, 1.54) is 10.9 Å².